The Morgan fingerprint density at radius 1 is 1.21 bits per heavy atom. The number of hydrogen-bond acceptors (Lipinski definition) is 6. The molecule has 2 atom stereocenters. The molecule has 0 bridgehead atoms. The SMILES string of the molecule is COC(=O)CS(=O)(=O)Cc1ccc(CNC(=O)C2CCCCC2(C)N)cc1.Cl. The Morgan fingerprint density at radius 2 is 1.82 bits per heavy atom. The first-order chi connectivity index (χ1) is 12.6. The van der Waals surface area contributed by atoms with Crippen molar-refractivity contribution < 1.29 is 22.7 Å². The fourth-order valence-corrected chi connectivity index (χ4v) is 4.68. The van der Waals surface area contributed by atoms with E-state index in [-0.39, 0.29) is 30.0 Å². The number of methoxy groups -OCH3 is 1. The van der Waals surface area contributed by atoms with E-state index in [0.717, 1.165) is 38.4 Å². The molecule has 1 aliphatic carbocycles. The normalized spacial score (nSPS) is 22.0. The number of nitrogens with one attached hydrogen (secondary N) is 1. The molecule has 2 rings (SSSR count). The number of hydrogen-bond donors (Lipinski definition) is 2. The Hall–Kier alpha value is -1.64. The van der Waals surface area contributed by atoms with E-state index in [1.165, 1.54) is 0 Å². The van der Waals surface area contributed by atoms with Gasteiger partial charge in [-0.2, -0.15) is 0 Å². The van der Waals surface area contributed by atoms with Crippen LogP contribution < -0.4 is 11.1 Å². The highest BCUT2D eigenvalue weighted by Gasteiger charge is 2.37. The van der Waals surface area contributed by atoms with Crippen LogP contribution in [-0.4, -0.2) is 38.7 Å². The average Bonchev–Trinajstić information content (AvgIpc) is 2.59. The van der Waals surface area contributed by atoms with Crippen LogP contribution in [0, 0.1) is 5.92 Å². The zero-order valence-corrected chi connectivity index (χ0v) is 17.9. The zero-order chi connectivity index (χ0) is 20.1. The molecule has 0 saturated heterocycles. The average molecular weight is 433 g/mol. The highest BCUT2D eigenvalue weighted by molar-refractivity contribution is 7.91. The van der Waals surface area contributed by atoms with E-state index >= 15 is 0 Å². The molecule has 0 aromatic heterocycles. The van der Waals surface area contributed by atoms with Crippen LogP contribution in [0.5, 0.6) is 0 Å². The van der Waals surface area contributed by atoms with Gasteiger partial charge < -0.3 is 15.8 Å². The molecule has 158 valence electrons. The van der Waals surface area contributed by atoms with E-state index in [1.807, 2.05) is 6.92 Å². The van der Waals surface area contributed by atoms with Crippen molar-refractivity contribution in [3.8, 4) is 0 Å². The molecule has 2 unspecified atom stereocenters. The molecule has 1 amide bonds. The van der Waals surface area contributed by atoms with Gasteiger partial charge in [-0.3, -0.25) is 9.59 Å². The van der Waals surface area contributed by atoms with Gasteiger partial charge in [-0.25, -0.2) is 8.42 Å². The highest BCUT2D eigenvalue weighted by Crippen LogP contribution is 2.31. The van der Waals surface area contributed by atoms with E-state index in [1.54, 1.807) is 24.3 Å². The summed E-state index contributed by atoms with van der Waals surface area (Å²) in [6, 6.07) is 6.91. The lowest BCUT2D eigenvalue weighted by Gasteiger charge is -2.37. The largest absolute Gasteiger partial charge is 0.468 e. The van der Waals surface area contributed by atoms with E-state index in [0.29, 0.717) is 12.1 Å². The van der Waals surface area contributed by atoms with Gasteiger partial charge in [0.1, 0.15) is 5.75 Å². The number of benzene rings is 1. The van der Waals surface area contributed by atoms with Gasteiger partial charge in [-0.1, -0.05) is 37.1 Å². The molecule has 1 fully saturated rings. The summed E-state index contributed by atoms with van der Waals surface area (Å²) in [5.74, 6) is -1.87. The summed E-state index contributed by atoms with van der Waals surface area (Å²) in [5, 5.41) is 2.93. The summed E-state index contributed by atoms with van der Waals surface area (Å²) in [5.41, 5.74) is 7.24. The second kappa shape index (κ2) is 10.2. The minimum absolute atomic E-state index is 0. The van der Waals surface area contributed by atoms with E-state index in [2.05, 4.69) is 10.1 Å². The molecule has 28 heavy (non-hydrogen) atoms. The molecule has 0 spiro atoms. The lowest BCUT2D eigenvalue weighted by molar-refractivity contribution is -0.137. The van der Waals surface area contributed by atoms with Gasteiger partial charge in [0.25, 0.3) is 0 Å². The van der Waals surface area contributed by atoms with Crippen molar-refractivity contribution in [1.29, 1.82) is 0 Å². The molecule has 1 aliphatic rings. The van der Waals surface area contributed by atoms with Gasteiger partial charge in [0, 0.05) is 12.1 Å². The van der Waals surface area contributed by atoms with Crippen molar-refractivity contribution in [3.05, 3.63) is 35.4 Å². The van der Waals surface area contributed by atoms with Gasteiger partial charge in [0.05, 0.1) is 18.8 Å². The Balaban J connectivity index is 0.00000392. The maximum absolute atomic E-state index is 12.5. The van der Waals surface area contributed by atoms with Crippen LogP contribution in [0.15, 0.2) is 24.3 Å². The maximum Gasteiger partial charge on any atom is 0.320 e. The first kappa shape index (κ1) is 24.4. The van der Waals surface area contributed by atoms with Crippen LogP contribution in [0.1, 0.15) is 43.7 Å². The number of esters is 1. The predicted octanol–water partition coefficient (Wildman–Crippen LogP) is 1.72. The second-order valence-electron chi connectivity index (χ2n) is 7.45. The number of ether oxygens (including phenoxy) is 1. The molecule has 0 heterocycles. The highest BCUT2D eigenvalue weighted by atomic mass is 35.5. The summed E-state index contributed by atoms with van der Waals surface area (Å²) < 4.78 is 28.3. The molecular formula is C19H29ClN2O5S. The van der Waals surface area contributed by atoms with E-state index in [4.69, 9.17) is 5.73 Å². The van der Waals surface area contributed by atoms with Gasteiger partial charge in [-0.15, -0.1) is 12.4 Å². The van der Waals surface area contributed by atoms with Crippen LogP contribution in [-0.2, 0) is 36.5 Å². The fraction of sp³-hybridized carbons (Fsp3) is 0.579. The smallest absolute Gasteiger partial charge is 0.320 e. The number of amides is 1. The van der Waals surface area contributed by atoms with Crippen LogP contribution in [0.2, 0.25) is 0 Å². The monoisotopic (exact) mass is 432 g/mol. The van der Waals surface area contributed by atoms with Crippen LogP contribution in [0.25, 0.3) is 0 Å². The molecule has 3 N–H and O–H groups in total. The van der Waals surface area contributed by atoms with E-state index in [9.17, 15) is 18.0 Å². The number of nitrogens with two attached hydrogens (primary N) is 1. The second-order valence-corrected chi connectivity index (χ2v) is 9.51. The number of halogens is 1. The van der Waals surface area contributed by atoms with Gasteiger partial charge in [0.2, 0.25) is 5.91 Å². The van der Waals surface area contributed by atoms with Crippen molar-refractivity contribution in [2.75, 3.05) is 12.9 Å². The maximum atomic E-state index is 12.5. The predicted molar refractivity (Wildman–Crippen MR) is 110 cm³/mol. The molecule has 0 radical (unpaired) electrons. The van der Waals surface area contributed by atoms with Crippen molar-refractivity contribution in [3.63, 3.8) is 0 Å². The van der Waals surface area contributed by atoms with Crippen LogP contribution in [0.3, 0.4) is 0 Å². The third kappa shape index (κ3) is 7.07. The first-order valence-corrected chi connectivity index (χ1v) is 10.9. The summed E-state index contributed by atoms with van der Waals surface area (Å²) in [6.45, 7) is 2.29. The number of carbonyl (C=O) groups is 2. The number of rotatable bonds is 7. The van der Waals surface area contributed by atoms with Crippen molar-refractivity contribution in [2.24, 2.45) is 11.7 Å². The summed E-state index contributed by atoms with van der Waals surface area (Å²) in [6.07, 6.45) is 3.71. The van der Waals surface area contributed by atoms with Crippen molar-refractivity contribution in [2.45, 2.75) is 50.4 Å². The van der Waals surface area contributed by atoms with Gasteiger partial charge in [0.15, 0.2) is 9.84 Å². The molecular weight excluding hydrogens is 404 g/mol. The molecule has 9 heteroatoms. The standard InChI is InChI=1S/C19H28N2O5S.ClH/c1-19(20)10-4-3-5-16(19)18(23)21-11-14-6-8-15(9-7-14)12-27(24,25)13-17(22)26-2;/h6-9,16H,3-5,10-13,20H2,1-2H3,(H,21,23);1H. The molecule has 1 aromatic carbocycles. The van der Waals surface area contributed by atoms with Crippen molar-refractivity contribution >= 4 is 34.1 Å². The summed E-state index contributed by atoms with van der Waals surface area (Å²) in [7, 11) is -2.42. The lowest BCUT2D eigenvalue weighted by Crippen LogP contribution is -2.52. The van der Waals surface area contributed by atoms with Crippen LogP contribution in [0.4, 0.5) is 0 Å². The first-order valence-electron chi connectivity index (χ1n) is 9.04. The fourth-order valence-electron chi connectivity index (χ4n) is 3.40. The Kier molecular flexibility index (Phi) is 8.91. The molecule has 1 saturated carbocycles. The minimum Gasteiger partial charge on any atom is -0.468 e. The lowest BCUT2D eigenvalue weighted by atomic mass is 9.74. The Bertz CT molecular complexity index is 778. The topological polar surface area (TPSA) is 116 Å². The van der Waals surface area contributed by atoms with Crippen LogP contribution >= 0.6 is 12.4 Å². The Morgan fingerprint density at radius 3 is 2.39 bits per heavy atom. The third-order valence-electron chi connectivity index (χ3n) is 5.01. The number of sulfone groups is 1. The van der Waals surface area contributed by atoms with E-state index < -0.39 is 27.1 Å². The number of carbonyl (C=O) groups excluding carboxylic acids is 2. The molecule has 0 aliphatic heterocycles. The zero-order valence-electron chi connectivity index (χ0n) is 16.3. The van der Waals surface area contributed by atoms with Gasteiger partial charge >= 0.3 is 5.97 Å². The molecule has 7 nitrogen and oxygen atoms in total. The van der Waals surface area contributed by atoms with Gasteiger partial charge in [-0.05, 0) is 30.9 Å². The summed E-state index contributed by atoms with van der Waals surface area (Å²) >= 11 is 0. The quantitative estimate of drug-likeness (QED) is 0.634. The minimum atomic E-state index is -3.57. The third-order valence-corrected chi connectivity index (χ3v) is 6.46. The summed E-state index contributed by atoms with van der Waals surface area (Å²) in [4.78, 5) is 23.6. The van der Waals surface area contributed by atoms with Crippen molar-refractivity contribution in [1.82, 2.24) is 5.32 Å². The molecule has 1 aromatic rings. The Labute approximate surface area is 172 Å².